The minimum atomic E-state index is 0.182. The number of hydrogen-bond acceptors (Lipinski definition) is 3. The van der Waals surface area contributed by atoms with Gasteiger partial charge in [-0.25, -0.2) is 0 Å². The fourth-order valence-electron chi connectivity index (χ4n) is 2.88. The molecule has 0 radical (unpaired) electrons. The number of hydrogen-bond donors (Lipinski definition) is 0. The number of carbonyl (C=O) groups is 1. The Morgan fingerprint density at radius 3 is 2.59 bits per heavy atom. The first-order valence-corrected chi connectivity index (χ1v) is 8.63. The van der Waals surface area contributed by atoms with Crippen molar-refractivity contribution in [1.29, 1.82) is 0 Å². The molecule has 2 aromatic rings. The lowest BCUT2D eigenvalue weighted by Crippen LogP contribution is -2.48. The molecule has 0 saturated carbocycles. The van der Waals surface area contributed by atoms with E-state index in [0.717, 1.165) is 37.6 Å². The predicted octanol–water partition coefficient (Wildman–Crippen LogP) is 3.32. The average Bonchev–Trinajstić information content (AvgIpc) is 3.05. The standard InChI is InChI=1S/C18H22N2OS/c1-14-5-6-15(2)16(12-14)13-19-7-9-20(10-8-19)18(21)17-4-3-11-22-17/h3-6,11-12H,7-10,13H2,1-2H3. The molecule has 0 spiro atoms. The van der Waals surface area contributed by atoms with Crippen molar-refractivity contribution in [2.24, 2.45) is 0 Å². The molecule has 22 heavy (non-hydrogen) atoms. The molecule has 1 saturated heterocycles. The van der Waals surface area contributed by atoms with Gasteiger partial charge in [0, 0.05) is 32.7 Å². The maximum Gasteiger partial charge on any atom is 0.264 e. The lowest BCUT2D eigenvalue weighted by atomic mass is 10.0. The molecule has 1 aromatic heterocycles. The van der Waals surface area contributed by atoms with E-state index >= 15 is 0 Å². The summed E-state index contributed by atoms with van der Waals surface area (Å²) in [6.45, 7) is 8.83. The van der Waals surface area contributed by atoms with Crippen molar-refractivity contribution in [3.05, 3.63) is 57.3 Å². The van der Waals surface area contributed by atoms with Gasteiger partial charge in [0.1, 0.15) is 0 Å². The van der Waals surface area contributed by atoms with Gasteiger partial charge in [0.15, 0.2) is 0 Å². The molecular formula is C18H22N2OS. The summed E-state index contributed by atoms with van der Waals surface area (Å²) in [7, 11) is 0. The predicted molar refractivity (Wildman–Crippen MR) is 91.4 cm³/mol. The van der Waals surface area contributed by atoms with Crippen molar-refractivity contribution < 1.29 is 4.79 Å². The highest BCUT2D eigenvalue weighted by atomic mass is 32.1. The normalized spacial score (nSPS) is 16.0. The Hall–Kier alpha value is -1.65. The number of carbonyl (C=O) groups excluding carboxylic acids is 1. The summed E-state index contributed by atoms with van der Waals surface area (Å²) in [5, 5.41) is 1.96. The summed E-state index contributed by atoms with van der Waals surface area (Å²) < 4.78 is 0. The Labute approximate surface area is 136 Å². The van der Waals surface area contributed by atoms with E-state index in [1.165, 1.54) is 28.0 Å². The van der Waals surface area contributed by atoms with Crippen molar-refractivity contribution in [3.8, 4) is 0 Å². The Morgan fingerprint density at radius 2 is 1.91 bits per heavy atom. The summed E-state index contributed by atoms with van der Waals surface area (Å²) >= 11 is 1.53. The Bertz CT molecular complexity index is 643. The molecule has 116 valence electrons. The zero-order valence-electron chi connectivity index (χ0n) is 13.2. The number of piperazine rings is 1. The van der Waals surface area contributed by atoms with Crippen molar-refractivity contribution in [2.45, 2.75) is 20.4 Å². The summed E-state index contributed by atoms with van der Waals surface area (Å²) in [5.41, 5.74) is 4.06. The van der Waals surface area contributed by atoms with Gasteiger partial charge in [-0.1, -0.05) is 29.8 Å². The number of amides is 1. The van der Waals surface area contributed by atoms with Crippen molar-refractivity contribution in [3.63, 3.8) is 0 Å². The molecule has 4 heteroatoms. The SMILES string of the molecule is Cc1ccc(C)c(CN2CCN(C(=O)c3cccs3)CC2)c1. The van der Waals surface area contributed by atoms with Gasteiger partial charge in [0.25, 0.3) is 5.91 Å². The average molecular weight is 314 g/mol. The molecule has 1 aliphatic heterocycles. The minimum Gasteiger partial charge on any atom is -0.335 e. The Morgan fingerprint density at radius 1 is 1.14 bits per heavy atom. The van der Waals surface area contributed by atoms with Crippen LogP contribution in [0.25, 0.3) is 0 Å². The molecular weight excluding hydrogens is 292 g/mol. The van der Waals surface area contributed by atoms with Gasteiger partial charge in [-0.2, -0.15) is 0 Å². The van der Waals surface area contributed by atoms with Crippen LogP contribution in [0.5, 0.6) is 0 Å². The van der Waals surface area contributed by atoms with Gasteiger partial charge in [0.2, 0.25) is 0 Å². The third-order valence-corrected chi connectivity index (χ3v) is 5.15. The molecule has 1 aromatic carbocycles. The van der Waals surface area contributed by atoms with Crippen LogP contribution in [0.4, 0.5) is 0 Å². The second-order valence-corrected chi connectivity index (χ2v) is 6.92. The van der Waals surface area contributed by atoms with Crippen LogP contribution < -0.4 is 0 Å². The van der Waals surface area contributed by atoms with Crippen LogP contribution >= 0.6 is 11.3 Å². The summed E-state index contributed by atoms with van der Waals surface area (Å²) in [4.78, 5) is 17.6. The zero-order chi connectivity index (χ0) is 15.5. The number of nitrogens with zero attached hydrogens (tertiary/aromatic N) is 2. The van der Waals surface area contributed by atoms with E-state index in [1.807, 2.05) is 22.4 Å². The van der Waals surface area contributed by atoms with Crippen LogP contribution in [-0.4, -0.2) is 41.9 Å². The van der Waals surface area contributed by atoms with Gasteiger partial charge in [0.05, 0.1) is 4.88 Å². The number of rotatable bonds is 3. The lowest BCUT2D eigenvalue weighted by Gasteiger charge is -2.34. The highest BCUT2D eigenvalue weighted by Gasteiger charge is 2.22. The fraction of sp³-hybridized carbons (Fsp3) is 0.389. The number of benzene rings is 1. The summed E-state index contributed by atoms with van der Waals surface area (Å²) in [6.07, 6.45) is 0. The molecule has 3 rings (SSSR count). The van der Waals surface area contributed by atoms with E-state index in [9.17, 15) is 4.79 Å². The third kappa shape index (κ3) is 3.39. The molecule has 0 atom stereocenters. The minimum absolute atomic E-state index is 0.182. The lowest BCUT2D eigenvalue weighted by molar-refractivity contribution is 0.0633. The molecule has 1 aliphatic rings. The largest absolute Gasteiger partial charge is 0.335 e. The van der Waals surface area contributed by atoms with E-state index in [2.05, 4.69) is 36.9 Å². The highest BCUT2D eigenvalue weighted by molar-refractivity contribution is 7.12. The van der Waals surface area contributed by atoms with Crippen LogP contribution in [0.1, 0.15) is 26.4 Å². The molecule has 2 heterocycles. The van der Waals surface area contributed by atoms with Crippen LogP contribution in [0.2, 0.25) is 0 Å². The summed E-state index contributed by atoms with van der Waals surface area (Å²) in [6, 6.07) is 10.5. The van der Waals surface area contributed by atoms with Crippen LogP contribution in [0.15, 0.2) is 35.7 Å². The van der Waals surface area contributed by atoms with Gasteiger partial charge in [-0.15, -0.1) is 11.3 Å². The van der Waals surface area contributed by atoms with Gasteiger partial charge < -0.3 is 4.90 Å². The highest BCUT2D eigenvalue weighted by Crippen LogP contribution is 2.17. The Kier molecular flexibility index (Phi) is 4.60. The van der Waals surface area contributed by atoms with E-state index in [-0.39, 0.29) is 5.91 Å². The zero-order valence-corrected chi connectivity index (χ0v) is 14.0. The van der Waals surface area contributed by atoms with Gasteiger partial charge in [-0.3, -0.25) is 9.69 Å². The molecule has 0 bridgehead atoms. The first-order chi connectivity index (χ1) is 10.6. The van der Waals surface area contributed by atoms with E-state index in [1.54, 1.807) is 0 Å². The molecule has 0 unspecified atom stereocenters. The monoisotopic (exact) mass is 314 g/mol. The van der Waals surface area contributed by atoms with Gasteiger partial charge in [-0.05, 0) is 36.4 Å². The maximum atomic E-state index is 12.3. The fourth-order valence-corrected chi connectivity index (χ4v) is 3.57. The van der Waals surface area contributed by atoms with Crippen LogP contribution in [0, 0.1) is 13.8 Å². The first kappa shape index (κ1) is 15.3. The molecule has 0 aliphatic carbocycles. The molecule has 3 nitrogen and oxygen atoms in total. The molecule has 0 N–H and O–H groups in total. The second kappa shape index (κ2) is 6.63. The third-order valence-electron chi connectivity index (χ3n) is 4.29. The molecule has 1 amide bonds. The number of thiophene rings is 1. The quantitative estimate of drug-likeness (QED) is 0.867. The second-order valence-electron chi connectivity index (χ2n) is 5.98. The van der Waals surface area contributed by atoms with Gasteiger partial charge >= 0.3 is 0 Å². The Balaban J connectivity index is 1.58. The van der Waals surface area contributed by atoms with Crippen molar-refractivity contribution in [1.82, 2.24) is 9.80 Å². The van der Waals surface area contributed by atoms with Crippen molar-refractivity contribution >= 4 is 17.2 Å². The maximum absolute atomic E-state index is 12.3. The van der Waals surface area contributed by atoms with E-state index < -0.39 is 0 Å². The van der Waals surface area contributed by atoms with Crippen molar-refractivity contribution in [2.75, 3.05) is 26.2 Å². The molecule has 1 fully saturated rings. The topological polar surface area (TPSA) is 23.6 Å². The number of aryl methyl sites for hydroxylation is 2. The van der Waals surface area contributed by atoms with Crippen LogP contribution in [-0.2, 0) is 6.54 Å². The summed E-state index contributed by atoms with van der Waals surface area (Å²) in [5.74, 6) is 0.182. The van der Waals surface area contributed by atoms with E-state index in [0.29, 0.717) is 0 Å². The smallest absolute Gasteiger partial charge is 0.264 e. The first-order valence-electron chi connectivity index (χ1n) is 7.75. The van der Waals surface area contributed by atoms with Crippen LogP contribution in [0.3, 0.4) is 0 Å². The van der Waals surface area contributed by atoms with E-state index in [4.69, 9.17) is 0 Å².